The van der Waals surface area contributed by atoms with E-state index in [9.17, 15) is 9.90 Å². The first-order valence-electron chi connectivity index (χ1n) is 8.59. The summed E-state index contributed by atoms with van der Waals surface area (Å²) in [7, 11) is 1.61. The number of aryl methyl sites for hydroxylation is 2. The molecule has 0 atom stereocenters. The average Bonchev–Trinajstić information content (AvgIpc) is 2.99. The van der Waals surface area contributed by atoms with Crippen LogP contribution in [0.3, 0.4) is 0 Å². The molecule has 0 aliphatic rings. The number of aromatic amines is 1. The maximum atomic E-state index is 12.6. The molecular formula is C22H19NO4. The van der Waals surface area contributed by atoms with Crippen LogP contribution in [0, 0.1) is 13.8 Å². The van der Waals surface area contributed by atoms with Crippen molar-refractivity contribution in [1.82, 2.24) is 4.98 Å². The van der Waals surface area contributed by atoms with Crippen molar-refractivity contribution in [2.24, 2.45) is 0 Å². The number of benzene rings is 2. The van der Waals surface area contributed by atoms with Gasteiger partial charge in [-0.25, -0.2) is 4.79 Å². The van der Waals surface area contributed by atoms with E-state index in [1.807, 2.05) is 49.4 Å². The summed E-state index contributed by atoms with van der Waals surface area (Å²) in [5, 5.41) is 11.4. The highest BCUT2D eigenvalue weighted by molar-refractivity contribution is 6.04. The van der Waals surface area contributed by atoms with Gasteiger partial charge < -0.3 is 19.2 Å². The minimum atomic E-state index is -0.566. The van der Waals surface area contributed by atoms with Crippen molar-refractivity contribution in [2.45, 2.75) is 13.8 Å². The summed E-state index contributed by atoms with van der Waals surface area (Å²) in [5.74, 6) is 1.01. The van der Waals surface area contributed by atoms with Gasteiger partial charge in [0.05, 0.1) is 12.8 Å². The van der Waals surface area contributed by atoms with E-state index in [-0.39, 0.29) is 11.3 Å². The Balaban J connectivity index is 2.07. The number of ether oxygens (including phenoxy) is 1. The number of nitrogens with one attached hydrogen (secondary N) is 1. The lowest BCUT2D eigenvalue weighted by molar-refractivity contribution is 0.415. The fourth-order valence-corrected chi connectivity index (χ4v) is 3.37. The highest BCUT2D eigenvalue weighted by atomic mass is 16.5. The average molecular weight is 361 g/mol. The van der Waals surface area contributed by atoms with Crippen molar-refractivity contribution in [3.8, 4) is 33.9 Å². The van der Waals surface area contributed by atoms with Crippen LogP contribution in [-0.2, 0) is 0 Å². The smallest absolute Gasteiger partial charge is 0.347 e. The molecule has 0 bridgehead atoms. The highest BCUT2D eigenvalue weighted by Crippen LogP contribution is 2.41. The summed E-state index contributed by atoms with van der Waals surface area (Å²) >= 11 is 0. The zero-order valence-electron chi connectivity index (χ0n) is 15.3. The second-order valence-electron chi connectivity index (χ2n) is 6.56. The van der Waals surface area contributed by atoms with E-state index in [0.29, 0.717) is 11.3 Å². The van der Waals surface area contributed by atoms with Crippen LogP contribution in [0.4, 0.5) is 0 Å². The van der Waals surface area contributed by atoms with Gasteiger partial charge in [-0.3, -0.25) is 0 Å². The Bertz CT molecular complexity index is 1200. The topological polar surface area (TPSA) is 75.5 Å². The molecule has 0 radical (unpaired) electrons. The van der Waals surface area contributed by atoms with E-state index >= 15 is 0 Å². The first kappa shape index (κ1) is 17.0. The normalized spacial score (nSPS) is 11.1. The second kappa shape index (κ2) is 6.36. The molecule has 5 heteroatoms. The molecule has 27 heavy (non-hydrogen) atoms. The van der Waals surface area contributed by atoms with Gasteiger partial charge >= 0.3 is 5.63 Å². The van der Waals surface area contributed by atoms with Crippen LogP contribution in [0.2, 0.25) is 0 Å². The first-order valence-corrected chi connectivity index (χ1v) is 8.59. The molecule has 2 N–H and O–H groups in total. The number of hydrogen-bond acceptors (Lipinski definition) is 4. The van der Waals surface area contributed by atoms with E-state index in [4.69, 9.17) is 9.15 Å². The van der Waals surface area contributed by atoms with Gasteiger partial charge in [0, 0.05) is 22.5 Å². The van der Waals surface area contributed by atoms with Crippen molar-refractivity contribution >= 4 is 10.9 Å². The fourth-order valence-electron chi connectivity index (χ4n) is 3.37. The van der Waals surface area contributed by atoms with E-state index in [2.05, 4.69) is 4.98 Å². The van der Waals surface area contributed by atoms with Gasteiger partial charge in [0.15, 0.2) is 0 Å². The van der Waals surface area contributed by atoms with Gasteiger partial charge in [-0.1, -0.05) is 12.1 Å². The van der Waals surface area contributed by atoms with Crippen molar-refractivity contribution < 1.29 is 14.3 Å². The second-order valence-corrected chi connectivity index (χ2v) is 6.56. The van der Waals surface area contributed by atoms with E-state index in [1.54, 1.807) is 14.0 Å². The molecule has 0 amide bonds. The molecule has 2 aromatic carbocycles. The van der Waals surface area contributed by atoms with Gasteiger partial charge in [0.2, 0.25) is 0 Å². The van der Waals surface area contributed by atoms with Gasteiger partial charge in [-0.2, -0.15) is 0 Å². The van der Waals surface area contributed by atoms with Crippen molar-refractivity contribution in [3.05, 3.63) is 70.3 Å². The van der Waals surface area contributed by atoms with Crippen molar-refractivity contribution in [1.29, 1.82) is 0 Å². The van der Waals surface area contributed by atoms with Gasteiger partial charge in [-0.05, 0) is 55.3 Å². The van der Waals surface area contributed by atoms with Crippen molar-refractivity contribution in [3.63, 3.8) is 0 Å². The lowest BCUT2D eigenvalue weighted by Crippen LogP contribution is -2.04. The summed E-state index contributed by atoms with van der Waals surface area (Å²) in [6, 6.07) is 14.9. The number of aromatic hydroxyl groups is 1. The molecular weight excluding hydrogens is 342 g/mol. The molecule has 0 fully saturated rings. The number of rotatable bonds is 3. The van der Waals surface area contributed by atoms with Crippen LogP contribution in [0.25, 0.3) is 33.3 Å². The third kappa shape index (κ3) is 2.87. The maximum Gasteiger partial charge on any atom is 0.347 e. The van der Waals surface area contributed by atoms with E-state index in [0.717, 1.165) is 33.5 Å². The Morgan fingerprint density at radius 3 is 2.41 bits per heavy atom. The molecule has 4 rings (SSSR count). The Labute approximate surface area is 155 Å². The summed E-state index contributed by atoms with van der Waals surface area (Å²) in [6.07, 6.45) is 0. The lowest BCUT2D eigenvalue weighted by Gasteiger charge is -2.08. The van der Waals surface area contributed by atoms with Crippen molar-refractivity contribution in [2.75, 3.05) is 7.11 Å². The Kier molecular flexibility index (Phi) is 4.00. The third-order valence-corrected chi connectivity index (χ3v) is 4.64. The molecule has 2 aromatic heterocycles. The molecule has 5 nitrogen and oxygen atoms in total. The molecule has 0 aliphatic carbocycles. The fraction of sp³-hybridized carbons (Fsp3) is 0.136. The van der Waals surface area contributed by atoms with E-state index < -0.39 is 5.63 Å². The van der Waals surface area contributed by atoms with E-state index in [1.165, 1.54) is 6.07 Å². The number of H-pyrrole nitrogens is 1. The number of hydrogen-bond donors (Lipinski definition) is 2. The molecule has 0 spiro atoms. The van der Waals surface area contributed by atoms with Crippen LogP contribution in [0.5, 0.6) is 11.5 Å². The zero-order valence-corrected chi connectivity index (χ0v) is 15.3. The van der Waals surface area contributed by atoms with Crippen LogP contribution < -0.4 is 10.4 Å². The maximum absolute atomic E-state index is 12.6. The minimum absolute atomic E-state index is 0.0972. The quantitative estimate of drug-likeness (QED) is 0.550. The first-order chi connectivity index (χ1) is 13.0. The predicted octanol–water partition coefficient (Wildman–Crippen LogP) is 4.79. The molecule has 2 heterocycles. The number of fused-ring (bicyclic) bond motifs is 1. The number of methoxy groups -OCH3 is 1. The van der Waals surface area contributed by atoms with Crippen LogP contribution in [0.1, 0.15) is 11.3 Å². The summed E-state index contributed by atoms with van der Waals surface area (Å²) in [6.45, 7) is 3.64. The van der Waals surface area contributed by atoms with Gasteiger partial charge in [0.25, 0.3) is 0 Å². The van der Waals surface area contributed by atoms with Crippen LogP contribution >= 0.6 is 0 Å². The SMILES string of the molecule is COc1ccc(-c2[nH]c3cc(C)ccc3c2-c2c(O)cc(C)oc2=O)cc1. The molecule has 0 saturated heterocycles. The zero-order chi connectivity index (χ0) is 19.1. The van der Waals surface area contributed by atoms with Crippen LogP contribution in [0.15, 0.2) is 57.7 Å². The summed E-state index contributed by atoms with van der Waals surface area (Å²) in [5.41, 5.74) is 3.81. The van der Waals surface area contributed by atoms with Gasteiger partial charge in [-0.15, -0.1) is 0 Å². The Hall–Kier alpha value is -3.47. The Morgan fingerprint density at radius 1 is 1.00 bits per heavy atom. The standard InChI is InChI=1S/C22H19NO4/c1-12-4-9-16-17(10-12)23-21(14-5-7-15(26-3)8-6-14)19(16)20-18(24)11-13(2)27-22(20)25/h4-11,23-24H,1-3H3. The molecule has 0 saturated carbocycles. The predicted molar refractivity (Wildman–Crippen MR) is 105 cm³/mol. The molecule has 0 unspecified atom stereocenters. The minimum Gasteiger partial charge on any atom is -0.507 e. The summed E-state index contributed by atoms with van der Waals surface area (Å²) in [4.78, 5) is 16.0. The molecule has 4 aromatic rings. The van der Waals surface area contributed by atoms with Gasteiger partial charge in [0.1, 0.15) is 22.8 Å². The third-order valence-electron chi connectivity index (χ3n) is 4.64. The Morgan fingerprint density at radius 2 is 1.74 bits per heavy atom. The largest absolute Gasteiger partial charge is 0.507 e. The monoisotopic (exact) mass is 361 g/mol. The highest BCUT2D eigenvalue weighted by Gasteiger charge is 2.22. The van der Waals surface area contributed by atoms with Crippen LogP contribution in [-0.4, -0.2) is 17.2 Å². The summed E-state index contributed by atoms with van der Waals surface area (Å²) < 4.78 is 10.5. The number of aromatic nitrogens is 1. The molecule has 0 aliphatic heterocycles. The lowest BCUT2D eigenvalue weighted by atomic mass is 9.98. The molecule has 136 valence electrons.